The maximum atomic E-state index is 12.7. The summed E-state index contributed by atoms with van der Waals surface area (Å²) >= 11 is 11.7. The standard InChI is InChI=1S/C12H9Cl2F3O2/c1-5-2-6(4-7(3-5)12(15,16)17)8-9(10(18)19)11(8,13)14/h2-4,8-9H,1H3,(H,18,19)/t8-,9+/m0/s1. The van der Waals surface area contributed by atoms with Crippen LogP contribution in [0.4, 0.5) is 13.2 Å². The van der Waals surface area contributed by atoms with Crippen LogP contribution in [0, 0.1) is 12.8 Å². The molecule has 1 fully saturated rings. The van der Waals surface area contributed by atoms with Gasteiger partial charge in [0.1, 0.15) is 4.33 Å². The topological polar surface area (TPSA) is 37.3 Å². The molecule has 2 nitrogen and oxygen atoms in total. The Hall–Kier alpha value is -0.940. The number of aliphatic carboxylic acids is 1. The van der Waals surface area contributed by atoms with Gasteiger partial charge in [-0.25, -0.2) is 0 Å². The van der Waals surface area contributed by atoms with Crippen LogP contribution in [0.5, 0.6) is 0 Å². The lowest BCUT2D eigenvalue weighted by atomic mass is 10.0. The van der Waals surface area contributed by atoms with Crippen LogP contribution in [0.25, 0.3) is 0 Å². The molecule has 1 aliphatic carbocycles. The molecule has 1 aromatic rings. The lowest BCUT2D eigenvalue weighted by Gasteiger charge is -2.10. The molecule has 1 aromatic carbocycles. The van der Waals surface area contributed by atoms with Gasteiger partial charge in [-0.05, 0) is 24.6 Å². The second kappa shape index (κ2) is 4.28. The number of halogens is 5. The van der Waals surface area contributed by atoms with Crippen LogP contribution < -0.4 is 0 Å². The van der Waals surface area contributed by atoms with Gasteiger partial charge in [-0.1, -0.05) is 34.8 Å². The van der Waals surface area contributed by atoms with Gasteiger partial charge < -0.3 is 5.11 Å². The normalized spacial score (nSPS) is 25.2. The van der Waals surface area contributed by atoms with Gasteiger partial charge in [-0.15, -0.1) is 0 Å². The van der Waals surface area contributed by atoms with Crippen LogP contribution in [0.3, 0.4) is 0 Å². The number of aryl methyl sites for hydroxylation is 1. The van der Waals surface area contributed by atoms with E-state index in [1.54, 1.807) is 0 Å². The summed E-state index contributed by atoms with van der Waals surface area (Å²) in [5.41, 5.74) is -0.252. The molecule has 1 saturated carbocycles. The highest BCUT2D eigenvalue weighted by molar-refractivity contribution is 6.53. The zero-order valence-corrected chi connectivity index (χ0v) is 11.1. The first-order chi connectivity index (χ1) is 8.55. The molecule has 1 aliphatic rings. The fraction of sp³-hybridized carbons (Fsp3) is 0.417. The number of alkyl halides is 5. The molecule has 104 valence electrons. The third-order valence-electron chi connectivity index (χ3n) is 3.11. The first-order valence-electron chi connectivity index (χ1n) is 5.34. The van der Waals surface area contributed by atoms with E-state index in [0.29, 0.717) is 5.56 Å². The van der Waals surface area contributed by atoms with Crippen LogP contribution in [0.1, 0.15) is 22.6 Å². The summed E-state index contributed by atoms with van der Waals surface area (Å²) in [5, 5.41) is 8.93. The number of carboxylic acids is 1. The van der Waals surface area contributed by atoms with Crippen molar-refractivity contribution in [2.75, 3.05) is 0 Å². The molecule has 7 heteroatoms. The van der Waals surface area contributed by atoms with Gasteiger partial charge in [-0.2, -0.15) is 13.2 Å². The maximum Gasteiger partial charge on any atom is 0.416 e. The summed E-state index contributed by atoms with van der Waals surface area (Å²) in [4.78, 5) is 10.9. The van der Waals surface area contributed by atoms with Crippen molar-refractivity contribution in [3.05, 3.63) is 34.9 Å². The summed E-state index contributed by atoms with van der Waals surface area (Å²) in [6.07, 6.45) is -4.49. The van der Waals surface area contributed by atoms with Crippen molar-refractivity contribution in [1.82, 2.24) is 0 Å². The largest absolute Gasteiger partial charge is 0.481 e. The lowest BCUT2D eigenvalue weighted by molar-refractivity contribution is -0.138. The summed E-state index contributed by atoms with van der Waals surface area (Å²) in [7, 11) is 0. The predicted molar refractivity (Wildman–Crippen MR) is 64.5 cm³/mol. The maximum absolute atomic E-state index is 12.7. The number of hydrogen-bond acceptors (Lipinski definition) is 1. The van der Waals surface area contributed by atoms with E-state index in [0.717, 1.165) is 12.1 Å². The smallest absolute Gasteiger partial charge is 0.416 e. The van der Waals surface area contributed by atoms with E-state index >= 15 is 0 Å². The van der Waals surface area contributed by atoms with Gasteiger partial charge in [0.15, 0.2) is 0 Å². The quantitative estimate of drug-likeness (QED) is 0.838. The number of carbonyl (C=O) groups is 1. The fourth-order valence-corrected chi connectivity index (χ4v) is 3.02. The average Bonchev–Trinajstić information content (AvgIpc) is 2.79. The van der Waals surface area contributed by atoms with Gasteiger partial charge in [0.05, 0.1) is 11.5 Å². The number of rotatable bonds is 2. The number of hydrogen-bond donors (Lipinski definition) is 1. The zero-order chi connectivity index (χ0) is 14.6. The summed E-state index contributed by atoms with van der Waals surface area (Å²) < 4.78 is 36.5. The molecule has 0 bridgehead atoms. The molecule has 0 unspecified atom stereocenters. The zero-order valence-electron chi connectivity index (χ0n) is 9.63. The van der Waals surface area contributed by atoms with E-state index in [2.05, 4.69) is 0 Å². The van der Waals surface area contributed by atoms with Crippen molar-refractivity contribution in [2.45, 2.75) is 23.4 Å². The van der Waals surface area contributed by atoms with Gasteiger partial charge >= 0.3 is 12.1 Å². The molecule has 0 spiro atoms. The van der Waals surface area contributed by atoms with Crippen LogP contribution >= 0.6 is 23.2 Å². The predicted octanol–water partition coefficient (Wildman–Crippen LogP) is 3.99. The highest BCUT2D eigenvalue weighted by atomic mass is 35.5. The van der Waals surface area contributed by atoms with E-state index in [4.69, 9.17) is 28.3 Å². The highest BCUT2D eigenvalue weighted by Gasteiger charge is 2.68. The summed E-state index contributed by atoms with van der Waals surface area (Å²) in [6.45, 7) is 1.50. The molecule has 2 rings (SSSR count). The third-order valence-corrected chi connectivity index (χ3v) is 4.05. The first kappa shape index (κ1) is 14.5. The minimum absolute atomic E-state index is 0.199. The second-order valence-electron chi connectivity index (χ2n) is 4.60. The molecule has 0 saturated heterocycles. The Balaban J connectivity index is 2.43. The lowest BCUT2D eigenvalue weighted by Crippen LogP contribution is -2.06. The molecule has 0 radical (unpaired) electrons. The summed E-state index contributed by atoms with van der Waals surface area (Å²) in [6, 6.07) is 3.37. The Labute approximate surface area is 117 Å². The molecule has 0 heterocycles. The van der Waals surface area contributed by atoms with Gasteiger partial charge in [0.2, 0.25) is 0 Å². The Morgan fingerprint density at radius 2 is 1.89 bits per heavy atom. The molecule has 19 heavy (non-hydrogen) atoms. The number of carboxylic acid groups (broad SMARTS) is 1. The Morgan fingerprint density at radius 3 is 2.32 bits per heavy atom. The minimum Gasteiger partial charge on any atom is -0.481 e. The van der Waals surface area contributed by atoms with Crippen molar-refractivity contribution in [3.63, 3.8) is 0 Å². The first-order valence-corrected chi connectivity index (χ1v) is 6.10. The van der Waals surface area contributed by atoms with Crippen molar-refractivity contribution in [2.24, 2.45) is 5.92 Å². The minimum atomic E-state index is -4.49. The van der Waals surface area contributed by atoms with Gasteiger partial charge in [-0.3, -0.25) is 4.79 Å². The fourth-order valence-electron chi connectivity index (χ4n) is 2.20. The van der Waals surface area contributed by atoms with Crippen LogP contribution in [0.2, 0.25) is 0 Å². The molecule has 1 N–H and O–H groups in total. The number of benzene rings is 1. The van der Waals surface area contributed by atoms with Crippen LogP contribution in [-0.4, -0.2) is 15.4 Å². The molecule has 0 aliphatic heterocycles. The Bertz CT molecular complexity index is 540. The molecular formula is C12H9Cl2F3O2. The van der Waals surface area contributed by atoms with Crippen molar-refractivity contribution < 1.29 is 23.1 Å². The van der Waals surface area contributed by atoms with Crippen molar-refractivity contribution in [1.29, 1.82) is 0 Å². The van der Waals surface area contributed by atoms with Gasteiger partial charge in [0, 0.05) is 5.92 Å². The SMILES string of the molecule is Cc1cc([C@H]2[C@H](C(=O)O)C2(Cl)Cl)cc(C(F)(F)F)c1. The molecule has 0 amide bonds. The summed E-state index contributed by atoms with van der Waals surface area (Å²) in [5.74, 6) is -3.13. The Kier molecular flexibility index (Phi) is 3.26. The van der Waals surface area contributed by atoms with Crippen molar-refractivity contribution >= 4 is 29.2 Å². The highest BCUT2D eigenvalue weighted by Crippen LogP contribution is 2.65. The Morgan fingerprint density at radius 1 is 1.32 bits per heavy atom. The van der Waals surface area contributed by atoms with E-state index in [1.165, 1.54) is 13.0 Å². The second-order valence-corrected chi connectivity index (χ2v) is 6.04. The van der Waals surface area contributed by atoms with E-state index < -0.39 is 33.9 Å². The molecule has 2 atom stereocenters. The van der Waals surface area contributed by atoms with E-state index in [9.17, 15) is 18.0 Å². The molecule has 0 aromatic heterocycles. The molecular weight excluding hydrogens is 304 g/mol. The monoisotopic (exact) mass is 312 g/mol. The van der Waals surface area contributed by atoms with E-state index in [-0.39, 0.29) is 5.56 Å². The van der Waals surface area contributed by atoms with Crippen LogP contribution in [0.15, 0.2) is 18.2 Å². The van der Waals surface area contributed by atoms with Crippen LogP contribution in [-0.2, 0) is 11.0 Å². The van der Waals surface area contributed by atoms with E-state index in [1.807, 2.05) is 0 Å². The van der Waals surface area contributed by atoms with Gasteiger partial charge in [0.25, 0.3) is 0 Å². The average molecular weight is 313 g/mol. The third kappa shape index (κ3) is 2.54. The van der Waals surface area contributed by atoms with Crippen molar-refractivity contribution in [3.8, 4) is 0 Å².